The van der Waals surface area contributed by atoms with Crippen LogP contribution in [0.5, 0.6) is 0 Å². The average Bonchev–Trinajstić information content (AvgIpc) is 2.92. The van der Waals surface area contributed by atoms with Crippen LogP contribution in [0.4, 0.5) is 11.6 Å². The van der Waals surface area contributed by atoms with E-state index in [4.69, 9.17) is 4.98 Å². The first-order valence-corrected chi connectivity index (χ1v) is 7.90. The van der Waals surface area contributed by atoms with Gasteiger partial charge in [-0.1, -0.05) is 19.9 Å². The van der Waals surface area contributed by atoms with Gasteiger partial charge in [-0.05, 0) is 44.5 Å². The summed E-state index contributed by atoms with van der Waals surface area (Å²) in [6.45, 7) is 8.88. The lowest BCUT2D eigenvalue weighted by molar-refractivity contribution is 0.270. The monoisotopic (exact) mass is 276 g/mol. The minimum Gasteiger partial charge on any atom is -0.370 e. The Morgan fingerprint density at radius 3 is 3.00 bits per heavy atom. The van der Waals surface area contributed by atoms with Crippen LogP contribution in [-0.2, 0) is 0 Å². The Morgan fingerprint density at radius 1 is 1.40 bits per heavy atom. The largest absolute Gasteiger partial charge is 0.370 e. The van der Waals surface area contributed by atoms with Gasteiger partial charge in [-0.25, -0.2) is 4.98 Å². The molecule has 1 N–H and O–H groups in total. The molecule has 4 heteroatoms. The predicted molar refractivity (Wildman–Crippen MR) is 86.6 cm³/mol. The number of anilines is 2. The van der Waals surface area contributed by atoms with Crippen molar-refractivity contribution in [2.45, 2.75) is 39.2 Å². The molecule has 4 nitrogen and oxygen atoms in total. The first-order valence-electron chi connectivity index (χ1n) is 7.90. The predicted octanol–water partition coefficient (Wildman–Crippen LogP) is 2.82. The fraction of sp³-hybridized carbons (Fsp3) is 0.688. The summed E-state index contributed by atoms with van der Waals surface area (Å²) < 4.78 is 0. The summed E-state index contributed by atoms with van der Waals surface area (Å²) in [6, 6.07) is 6.91. The Bertz CT molecular complexity index is 407. The van der Waals surface area contributed by atoms with E-state index in [1.54, 1.807) is 0 Å². The lowest BCUT2D eigenvalue weighted by Crippen LogP contribution is -2.39. The summed E-state index contributed by atoms with van der Waals surface area (Å²) in [5.41, 5.74) is 0. The molecule has 0 aromatic carbocycles. The second-order valence-electron chi connectivity index (χ2n) is 5.61. The molecule has 1 saturated heterocycles. The van der Waals surface area contributed by atoms with Gasteiger partial charge in [-0.3, -0.25) is 4.90 Å². The number of rotatable bonds is 7. The number of hydrogen-bond acceptors (Lipinski definition) is 4. The van der Waals surface area contributed by atoms with Gasteiger partial charge in [-0.15, -0.1) is 0 Å². The molecule has 2 rings (SSSR count). The van der Waals surface area contributed by atoms with E-state index in [0.717, 1.165) is 37.7 Å². The highest BCUT2D eigenvalue weighted by atomic mass is 15.2. The average molecular weight is 276 g/mol. The summed E-state index contributed by atoms with van der Waals surface area (Å²) >= 11 is 0. The number of aromatic nitrogens is 1. The zero-order valence-electron chi connectivity index (χ0n) is 13.1. The smallest absolute Gasteiger partial charge is 0.130 e. The van der Waals surface area contributed by atoms with Crippen LogP contribution in [0.1, 0.15) is 33.1 Å². The zero-order valence-corrected chi connectivity index (χ0v) is 13.1. The van der Waals surface area contributed by atoms with Crippen molar-refractivity contribution in [2.75, 3.05) is 43.4 Å². The molecule has 1 atom stereocenters. The van der Waals surface area contributed by atoms with E-state index >= 15 is 0 Å². The maximum atomic E-state index is 4.70. The molecule has 1 aliphatic rings. The zero-order chi connectivity index (χ0) is 14.4. The van der Waals surface area contributed by atoms with Gasteiger partial charge >= 0.3 is 0 Å². The van der Waals surface area contributed by atoms with Crippen molar-refractivity contribution in [3.8, 4) is 0 Å². The van der Waals surface area contributed by atoms with Crippen molar-refractivity contribution >= 4 is 11.6 Å². The van der Waals surface area contributed by atoms with E-state index in [2.05, 4.69) is 48.1 Å². The first-order chi connectivity index (χ1) is 9.74. The van der Waals surface area contributed by atoms with Gasteiger partial charge in [0.05, 0.1) is 0 Å². The lowest BCUT2D eigenvalue weighted by atomic mass is 10.2. The van der Waals surface area contributed by atoms with Crippen molar-refractivity contribution in [1.82, 2.24) is 9.88 Å². The Labute approximate surface area is 123 Å². The molecule has 2 heterocycles. The topological polar surface area (TPSA) is 31.4 Å². The third-order valence-electron chi connectivity index (χ3n) is 4.07. The van der Waals surface area contributed by atoms with Crippen molar-refractivity contribution in [2.24, 2.45) is 0 Å². The molecule has 0 radical (unpaired) electrons. The second kappa shape index (κ2) is 7.48. The molecule has 0 saturated carbocycles. The van der Waals surface area contributed by atoms with E-state index in [1.165, 1.54) is 19.4 Å². The molecule has 1 fully saturated rings. The van der Waals surface area contributed by atoms with E-state index in [-0.39, 0.29) is 0 Å². The minimum atomic E-state index is 0.680. The molecule has 112 valence electrons. The maximum Gasteiger partial charge on any atom is 0.130 e. The molecule has 0 bridgehead atoms. The summed E-state index contributed by atoms with van der Waals surface area (Å²) in [6.07, 6.45) is 3.76. The van der Waals surface area contributed by atoms with E-state index < -0.39 is 0 Å². The highest BCUT2D eigenvalue weighted by Crippen LogP contribution is 2.20. The van der Waals surface area contributed by atoms with Gasteiger partial charge in [-0.2, -0.15) is 0 Å². The van der Waals surface area contributed by atoms with Crippen molar-refractivity contribution in [3.63, 3.8) is 0 Å². The standard InChI is InChI=1S/C16H28N4/c1-4-11-17-15-9-6-10-16(18-15)19(3)13-14-8-7-12-20(14)5-2/h6,9-10,14H,4-5,7-8,11-13H2,1-3H3,(H,17,18). The van der Waals surface area contributed by atoms with Crippen LogP contribution in [0, 0.1) is 0 Å². The van der Waals surface area contributed by atoms with Crippen molar-refractivity contribution < 1.29 is 0 Å². The van der Waals surface area contributed by atoms with Gasteiger partial charge in [0.15, 0.2) is 0 Å². The number of nitrogens with one attached hydrogen (secondary N) is 1. The van der Waals surface area contributed by atoms with Crippen LogP contribution in [0.3, 0.4) is 0 Å². The highest BCUT2D eigenvalue weighted by Gasteiger charge is 2.24. The third kappa shape index (κ3) is 3.85. The molecule has 20 heavy (non-hydrogen) atoms. The van der Waals surface area contributed by atoms with Crippen LogP contribution in [0.15, 0.2) is 18.2 Å². The summed E-state index contributed by atoms with van der Waals surface area (Å²) in [4.78, 5) is 9.57. The molecule has 0 spiro atoms. The lowest BCUT2D eigenvalue weighted by Gasteiger charge is -2.28. The number of pyridine rings is 1. The first kappa shape index (κ1) is 15.1. The van der Waals surface area contributed by atoms with Gasteiger partial charge in [0.25, 0.3) is 0 Å². The van der Waals surface area contributed by atoms with Crippen LogP contribution >= 0.6 is 0 Å². The van der Waals surface area contributed by atoms with Crippen molar-refractivity contribution in [1.29, 1.82) is 0 Å². The number of nitrogens with zero attached hydrogens (tertiary/aromatic N) is 3. The third-order valence-corrected chi connectivity index (χ3v) is 4.07. The second-order valence-corrected chi connectivity index (χ2v) is 5.61. The van der Waals surface area contributed by atoms with Gasteiger partial charge in [0.1, 0.15) is 11.6 Å². The molecular weight excluding hydrogens is 248 g/mol. The van der Waals surface area contributed by atoms with E-state index in [9.17, 15) is 0 Å². The van der Waals surface area contributed by atoms with E-state index in [0.29, 0.717) is 6.04 Å². The fourth-order valence-corrected chi connectivity index (χ4v) is 2.92. The molecule has 0 aliphatic carbocycles. The normalized spacial score (nSPS) is 19.2. The molecule has 1 aromatic rings. The quantitative estimate of drug-likeness (QED) is 0.830. The van der Waals surface area contributed by atoms with Crippen LogP contribution in [-0.4, -0.2) is 49.2 Å². The van der Waals surface area contributed by atoms with Gasteiger partial charge in [0, 0.05) is 26.2 Å². The molecule has 1 unspecified atom stereocenters. The Hall–Kier alpha value is -1.29. The Balaban J connectivity index is 1.96. The van der Waals surface area contributed by atoms with Crippen LogP contribution < -0.4 is 10.2 Å². The maximum absolute atomic E-state index is 4.70. The number of likely N-dealkylation sites (N-methyl/N-ethyl adjacent to an activating group) is 2. The van der Waals surface area contributed by atoms with Crippen LogP contribution in [0.2, 0.25) is 0 Å². The van der Waals surface area contributed by atoms with Gasteiger partial charge < -0.3 is 10.2 Å². The molecule has 0 amide bonds. The Kier molecular flexibility index (Phi) is 5.65. The molecule has 1 aromatic heterocycles. The minimum absolute atomic E-state index is 0.680. The molecular formula is C16H28N4. The van der Waals surface area contributed by atoms with Gasteiger partial charge in [0.2, 0.25) is 0 Å². The van der Waals surface area contributed by atoms with E-state index in [1.807, 2.05) is 6.07 Å². The summed E-state index contributed by atoms with van der Waals surface area (Å²) in [7, 11) is 2.15. The Morgan fingerprint density at radius 2 is 2.25 bits per heavy atom. The number of hydrogen-bond donors (Lipinski definition) is 1. The highest BCUT2D eigenvalue weighted by molar-refractivity contribution is 5.46. The van der Waals surface area contributed by atoms with Crippen molar-refractivity contribution in [3.05, 3.63) is 18.2 Å². The van der Waals surface area contributed by atoms with Crippen LogP contribution in [0.25, 0.3) is 0 Å². The molecule has 1 aliphatic heterocycles. The summed E-state index contributed by atoms with van der Waals surface area (Å²) in [5.74, 6) is 2.05. The fourth-order valence-electron chi connectivity index (χ4n) is 2.92. The summed E-state index contributed by atoms with van der Waals surface area (Å²) in [5, 5.41) is 3.35. The number of likely N-dealkylation sites (tertiary alicyclic amines) is 1. The SMILES string of the molecule is CCCNc1cccc(N(C)CC2CCCN2CC)n1.